The zero-order chi connectivity index (χ0) is 20.4. The highest BCUT2D eigenvalue weighted by Gasteiger charge is 2.30. The Morgan fingerprint density at radius 2 is 1.86 bits per heavy atom. The van der Waals surface area contributed by atoms with E-state index < -0.39 is 15.9 Å². The second-order valence-electron chi connectivity index (χ2n) is 6.65. The number of nitrogens with one attached hydrogen (secondary N) is 1. The summed E-state index contributed by atoms with van der Waals surface area (Å²) in [6.45, 7) is 3.74. The average molecular weight is 433 g/mol. The van der Waals surface area contributed by atoms with Crippen molar-refractivity contribution in [3.05, 3.63) is 58.5 Å². The predicted molar refractivity (Wildman–Crippen MR) is 111 cm³/mol. The van der Waals surface area contributed by atoms with E-state index in [1.54, 1.807) is 13.0 Å². The van der Waals surface area contributed by atoms with Crippen LogP contribution in [0.1, 0.15) is 15.4 Å². The molecule has 29 heavy (non-hydrogen) atoms. The minimum absolute atomic E-state index is 0.136. The molecule has 0 aliphatic carbocycles. The summed E-state index contributed by atoms with van der Waals surface area (Å²) in [5, 5.41) is 7.81. The van der Waals surface area contributed by atoms with E-state index in [-0.39, 0.29) is 4.90 Å². The monoisotopic (exact) mass is 432 g/mol. The Labute approximate surface area is 172 Å². The Morgan fingerprint density at radius 1 is 1.14 bits per heavy atom. The predicted octanol–water partition coefficient (Wildman–Crippen LogP) is 2.81. The fourth-order valence-corrected chi connectivity index (χ4v) is 5.73. The number of para-hydroxylation sites is 1. The number of rotatable bonds is 5. The molecule has 1 saturated heterocycles. The summed E-state index contributed by atoms with van der Waals surface area (Å²) >= 11 is 1.09. The van der Waals surface area contributed by atoms with Gasteiger partial charge in [-0.25, -0.2) is 8.42 Å². The van der Waals surface area contributed by atoms with Gasteiger partial charge in [-0.15, -0.1) is 11.3 Å². The number of sulfonamides is 1. The van der Waals surface area contributed by atoms with Gasteiger partial charge in [0.15, 0.2) is 5.82 Å². The molecular weight excluding hydrogens is 412 g/mol. The van der Waals surface area contributed by atoms with E-state index in [1.165, 1.54) is 15.8 Å². The number of carbonyl (C=O) groups is 1. The van der Waals surface area contributed by atoms with Gasteiger partial charge in [0.2, 0.25) is 10.0 Å². The number of carbonyl (C=O) groups excluding carboxylic acids is 1. The Morgan fingerprint density at radius 3 is 2.52 bits per heavy atom. The standard InChI is InChI=1S/C19H20N4O4S2/c1-14-11-18(21-27-14)20-19(24)17-12-16(13-28-17)29(25,26)23-9-7-22(8-10-23)15-5-3-2-4-6-15/h2-6,11-13H,7-10H2,1H3,(H,20,21,24). The fourth-order valence-electron chi connectivity index (χ4n) is 3.15. The van der Waals surface area contributed by atoms with Gasteiger partial charge in [0, 0.05) is 43.3 Å². The molecule has 3 aromatic rings. The number of aryl methyl sites for hydroxylation is 1. The maximum absolute atomic E-state index is 13.0. The highest BCUT2D eigenvalue weighted by Crippen LogP contribution is 2.25. The summed E-state index contributed by atoms with van der Waals surface area (Å²) in [6.07, 6.45) is 0. The molecule has 0 atom stereocenters. The van der Waals surface area contributed by atoms with Crippen LogP contribution in [0.25, 0.3) is 0 Å². The summed E-state index contributed by atoms with van der Waals surface area (Å²) in [5.74, 6) is 0.449. The molecule has 0 spiro atoms. The number of anilines is 2. The Hall–Kier alpha value is -2.69. The summed E-state index contributed by atoms with van der Waals surface area (Å²) in [4.78, 5) is 14.9. The second kappa shape index (κ2) is 7.97. The van der Waals surface area contributed by atoms with Crippen LogP contribution < -0.4 is 10.2 Å². The molecule has 0 unspecified atom stereocenters. The molecule has 152 valence electrons. The van der Waals surface area contributed by atoms with E-state index in [0.29, 0.717) is 42.6 Å². The first-order valence-electron chi connectivity index (χ1n) is 9.07. The normalized spacial score (nSPS) is 15.4. The minimum Gasteiger partial charge on any atom is -0.369 e. The van der Waals surface area contributed by atoms with E-state index in [1.807, 2.05) is 30.3 Å². The van der Waals surface area contributed by atoms with Crippen LogP contribution in [0.4, 0.5) is 11.5 Å². The van der Waals surface area contributed by atoms with Crippen molar-refractivity contribution in [1.82, 2.24) is 9.46 Å². The van der Waals surface area contributed by atoms with Crippen molar-refractivity contribution < 1.29 is 17.7 Å². The molecule has 8 nitrogen and oxygen atoms in total. The van der Waals surface area contributed by atoms with Crippen LogP contribution in [-0.4, -0.2) is 50.0 Å². The molecular formula is C19H20N4O4S2. The zero-order valence-corrected chi connectivity index (χ0v) is 17.4. The highest BCUT2D eigenvalue weighted by atomic mass is 32.2. The first kappa shape index (κ1) is 19.6. The molecule has 1 aromatic carbocycles. The minimum atomic E-state index is -3.65. The summed E-state index contributed by atoms with van der Waals surface area (Å²) in [5.41, 5.74) is 1.09. The smallest absolute Gasteiger partial charge is 0.267 e. The molecule has 0 saturated carbocycles. The third-order valence-corrected chi connectivity index (χ3v) is 7.62. The number of aromatic nitrogens is 1. The van der Waals surface area contributed by atoms with E-state index in [4.69, 9.17) is 4.52 Å². The molecule has 1 N–H and O–H groups in total. The molecule has 0 bridgehead atoms. The van der Waals surface area contributed by atoms with Crippen LogP contribution in [-0.2, 0) is 10.0 Å². The van der Waals surface area contributed by atoms with E-state index >= 15 is 0 Å². The number of piperazine rings is 1. The fraction of sp³-hybridized carbons (Fsp3) is 0.263. The molecule has 1 aliphatic rings. The van der Waals surface area contributed by atoms with E-state index in [0.717, 1.165) is 17.0 Å². The summed E-state index contributed by atoms with van der Waals surface area (Å²) in [6, 6.07) is 12.9. The maximum atomic E-state index is 13.0. The molecule has 3 heterocycles. The van der Waals surface area contributed by atoms with Crippen LogP contribution in [0.2, 0.25) is 0 Å². The van der Waals surface area contributed by atoms with Crippen molar-refractivity contribution in [1.29, 1.82) is 0 Å². The number of benzene rings is 1. The first-order chi connectivity index (χ1) is 13.9. The zero-order valence-electron chi connectivity index (χ0n) is 15.7. The van der Waals surface area contributed by atoms with Gasteiger partial charge in [-0.05, 0) is 25.1 Å². The summed E-state index contributed by atoms with van der Waals surface area (Å²) < 4.78 is 32.3. The molecule has 1 aliphatic heterocycles. The lowest BCUT2D eigenvalue weighted by atomic mass is 10.2. The van der Waals surface area contributed by atoms with Crippen LogP contribution in [0.15, 0.2) is 57.3 Å². The van der Waals surface area contributed by atoms with Gasteiger partial charge < -0.3 is 14.7 Å². The maximum Gasteiger partial charge on any atom is 0.267 e. The number of thiophene rings is 1. The van der Waals surface area contributed by atoms with Crippen molar-refractivity contribution in [3.63, 3.8) is 0 Å². The first-order valence-corrected chi connectivity index (χ1v) is 11.4. The highest BCUT2D eigenvalue weighted by molar-refractivity contribution is 7.89. The largest absolute Gasteiger partial charge is 0.369 e. The van der Waals surface area contributed by atoms with Crippen molar-refractivity contribution in [3.8, 4) is 0 Å². The Balaban J connectivity index is 1.42. The van der Waals surface area contributed by atoms with E-state index in [9.17, 15) is 13.2 Å². The molecule has 10 heteroatoms. The van der Waals surface area contributed by atoms with Crippen LogP contribution in [0.3, 0.4) is 0 Å². The van der Waals surface area contributed by atoms with Crippen molar-refractivity contribution in [2.24, 2.45) is 0 Å². The van der Waals surface area contributed by atoms with Gasteiger partial charge in [0.25, 0.3) is 5.91 Å². The molecule has 4 rings (SSSR count). The lowest BCUT2D eigenvalue weighted by molar-refractivity contribution is 0.102. The Bertz CT molecular complexity index is 1100. The molecule has 2 aromatic heterocycles. The second-order valence-corrected chi connectivity index (χ2v) is 9.50. The van der Waals surface area contributed by atoms with Gasteiger partial charge >= 0.3 is 0 Å². The average Bonchev–Trinajstić information content (AvgIpc) is 3.38. The van der Waals surface area contributed by atoms with Crippen LogP contribution in [0, 0.1) is 6.92 Å². The number of amides is 1. The van der Waals surface area contributed by atoms with E-state index in [2.05, 4.69) is 15.4 Å². The van der Waals surface area contributed by atoms with Gasteiger partial charge in [-0.1, -0.05) is 23.4 Å². The third kappa shape index (κ3) is 4.19. The third-order valence-electron chi connectivity index (χ3n) is 4.67. The van der Waals surface area contributed by atoms with Gasteiger partial charge in [0.1, 0.15) is 5.76 Å². The molecule has 1 fully saturated rings. The molecule has 0 radical (unpaired) electrons. The number of hydrogen-bond acceptors (Lipinski definition) is 7. The number of hydrogen-bond donors (Lipinski definition) is 1. The van der Waals surface area contributed by atoms with Gasteiger partial charge in [0.05, 0.1) is 9.77 Å². The van der Waals surface area contributed by atoms with Crippen molar-refractivity contribution in [2.75, 3.05) is 36.4 Å². The van der Waals surface area contributed by atoms with Crippen LogP contribution >= 0.6 is 11.3 Å². The van der Waals surface area contributed by atoms with Crippen LogP contribution in [0.5, 0.6) is 0 Å². The summed E-state index contributed by atoms with van der Waals surface area (Å²) in [7, 11) is -3.65. The van der Waals surface area contributed by atoms with Crippen molar-refractivity contribution in [2.45, 2.75) is 11.8 Å². The van der Waals surface area contributed by atoms with Gasteiger partial charge in [-0.2, -0.15) is 4.31 Å². The SMILES string of the molecule is Cc1cc(NC(=O)c2cc(S(=O)(=O)N3CCN(c4ccccc4)CC3)cs2)no1. The topological polar surface area (TPSA) is 95.8 Å². The lowest BCUT2D eigenvalue weighted by Gasteiger charge is -2.35. The van der Waals surface area contributed by atoms with Gasteiger partial charge in [-0.3, -0.25) is 4.79 Å². The van der Waals surface area contributed by atoms with Crippen molar-refractivity contribution >= 4 is 38.8 Å². The Kier molecular flexibility index (Phi) is 5.39. The lowest BCUT2D eigenvalue weighted by Crippen LogP contribution is -2.48. The quantitative estimate of drug-likeness (QED) is 0.666. The number of nitrogens with zero attached hydrogens (tertiary/aromatic N) is 3. The molecule has 1 amide bonds.